The van der Waals surface area contributed by atoms with Crippen LogP contribution in [0.25, 0.3) is 0 Å². The van der Waals surface area contributed by atoms with E-state index < -0.39 is 0 Å². The van der Waals surface area contributed by atoms with Crippen LogP contribution in [0.4, 0.5) is 5.95 Å². The molecule has 2 aromatic rings. The molecule has 0 atom stereocenters. The van der Waals surface area contributed by atoms with Crippen LogP contribution in [0.5, 0.6) is 0 Å². The van der Waals surface area contributed by atoms with Gasteiger partial charge in [-0.1, -0.05) is 19.9 Å². The lowest BCUT2D eigenvalue weighted by atomic mass is 9.91. The normalized spacial score (nSPS) is 11.7. The smallest absolute Gasteiger partial charge is 0.202 e. The van der Waals surface area contributed by atoms with Crippen molar-refractivity contribution in [2.75, 3.05) is 11.9 Å². The highest BCUT2D eigenvalue weighted by molar-refractivity contribution is 7.10. The van der Waals surface area contributed by atoms with Crippen LogP contribution < -0.4 is 5.32 Å². The highest BCUT2D eigenvalue weighted by Gasteiger charge is 2.21. The number of hydrogen-bond acceptors (Lipinski definition) is 3. The number of aryl methyl sites for hydroxylation is 1. The van der Waals surface area contributed by atoms with Gasteiger partial charge in [-0.2, -0.15) is 0 Å². The molecule has 2 heterocycles. The van der Waals surface area contributed by atoms with Gasteiger partial charge in [-0.05, 0) is 11.4 Å². The summed E-state index contributed by atoms with van der Waals surface area (Å²) < 4.78 is 1.99. The van der Waals surface area contributed by atoms with Crippen LogP contribution in [-0.2, 0) is 12.5 Å². The van der Waals surface area contributed by atoms with Crippen molar-refractivity contribution in [2.24, 2.45) is 7.05 Å². The molecule has 0 amide bonds. The molecule has 0 fully saturated rings. The third-order valence-corrected chi connectivity index (χ3v) is 3.93. The van der Waals surface area contributed by atoms with Crippen molar-refractivity contribution in [3.8, 4) is 0 Å². The van der Waals surface area contributed by atoms with Gasteiger partial charge in [0.15, 0.2) is 0 Å². The van der Waals surface area contributed by atoms with Gasteiger partial charge < -0.3 is 9.88 Å². The first-order valence-corrected chi connectivity index (χ1v) is 6.23. The summed E-state index contributed by atoms with van der Waals surface area (Å²) in [6.45, 7) is 5.38. The van der Waals surface area contributed by atoms with Gasteiger partial charge in [0.25, 0.3) is 0 Å². The average molecular weight is 235 g/mol. The van der Waals surface area contributed by atoms with Gasteiger partial charge in [0.2, 0.25) is 5.95 Å². The second kappa shape index (κ2) is 4.29. The highest BCUT2D eigenvalue weighted by atomic mass is 32.1. The van der Waals surface area contributed by atoms with E-state index in [-0.39, 0.29) is 5.41 Å². The Hall–Kier alpha value is -1.29. The summed E-state index contributed by atoms with van der Waals surface area (Å²) in [5, 5.41) is 5.50. The van der Waals surface area contributed by atoms with Crippen molar-refractivity contribution < 1.29 is 0 Å². The summed E-state index contributed by atoms with van der Waals surface area (Å²) in [6.07, 6.45) is 3.75. The SMILES string of the molecule is Cn1ccnc1NCC(C)(C)c1cccs1. The van der Waals surface area contributed by atoms with E-state index in [1.165, 1.54) is 4.88 Å². The van der Waals surface area contributed by atoms with Crippen molar-refractivity contribution >= 4 is 17.3 Å². The quantitative estimate of drug-likeness (QED) is 0.883. The molecule has 0 aliphatic carbocycles. The summed E-state index contributed by atoms with van der Waals surface area (Å²) in [5.41, 5.74) is 0.139. The number of anilines is 1. The maximum absolute atomic E-state index is 4.26. The predicted molar refractivity (Wildman–Crippen MR) is 69.0 cm³/mol. The average Bonchev–Trinajstić information content (AvgIpc) is 2.85. The fraction of sp³-hybridized carbons (Fsp3) is 0.417. The molecule has 0 aliphatic rings. The Morgan fingerprint density at radius 1 is 1.50 bits per heavy atom. The fourth-order valence-corrected chi connectivity index (χ4v) is 2.44. The van der Waals surface area contributed by atoms with Crippen LogP contribution in [0.3, 0.4) is 0 Å². The molecule has 2 aromatic heterocycles. The fourth-order valence-electron chi connectivity index (χ4n) is 1.59. The summed E-state index contributed by atoms with van der Waals surface area (Å²) in [6, 6.07) is 4.29. The minimum absolute atomic E-state index is 0.139. The van der Waals surface area contributed by atoms with Gasteiger partial charge in [0.1, 0.15) is 0 Å². The van der Waals surface area contributed by atoms with Crippen LogP contribution in [0.1, 0.15) is 18.7 Å². The first-order chi connectivity index (χ1) is 7.59. The number of aromatic nitrogens is 2. The van der Waals surface area contributed by atoms with Crippen LogP contribution in [0.2, 0.25) is 0 Å². The Bertz CT molecular complexity index is 443. The van der Waals surface area contributed by atoms with E-state index in [9.17, 15) is 0 Å². The van der Waals surface area contributed by atoms with Crippen LogP contribution in [0.15, 0.2) is 29.9 Å². The van der Waals surface area contributed by atoms with E-state index in [0.717, 1.165) is 12.5 Å². The first kappa shape index (κ1) is 11.2. The minimum Gasteiger partial charge on any atom is -0.355 e. The number of thiophene rings is 1. The molecule has 0 bridgehead atoms. The lowest BCUT2D eigenvalue weighted by molar-refractivity contribution is 0.565. The summed E-state index contributed by atoms with van der Waals surface area (Å²) in [4.78, 5) is 5.65. The van der Waals surface area contributed by atoms with Crippen molar-refractivity contribution in [2.45, 2.75) is 19.3 Å². The molecule has 2 rings (SSSR count). The van der Waals surface area contributed by atoms with Gasteiger partial charge in [-0.25, -0.2) is 4.98 Å². The molecule has 3 nitrogen and oxygen atoms in total. The number of imidazole rings is 1. The molecule has 0 spiro atoms. The molecule has 0 aliphatic heterocycles. The van der Waals surface area contributed by atoms with Crippen LogP contribution in [-0.4, -0.2) is 16.1 Å². The zero-order valence-corrected chi connectivity index (χ0v) is 10.7. The summed E-state index contributed by atoms with van der Waals surface area (Å²) in [5.74, 6) is 0.921. The summed E-state index contributed by atoms with van der Waals surface area (Å²) in [7, 11) is 1.99. The number of hydrogen-bond donors (Lipinski definition) is 1. The van der Waals surface area contributed by atoms with Crippen molar-refractivity contribution in [1.29, 1.82) is 0 Å². The van der Waals surface area contributed by atoms with Gasteiger partial charge >= 0.3 is 0 Å². The molecule has 1 N–H and O–H groups in total. The van der Waals surface area contributed by atoms with Gasteiger partial charge in [0, 0.05) is 36.3 Å². The van der Waals surface area contributed by atoms with Crippen molar-refractivity contribution in [1.82, 2.24) is 9.55 Å². The monoisotopic (exact) mass is 235 g/mol. The predicted octanol–water partition coefficient (Wildman–Crippen LogP) is 2.87. The maximum Gasteiger partial charge on any atom is 0.202 e. The van der Waals surface area contributed by atoms with Crippen LogP contribution in [0, 0.1) is 0 Å². The Morgan fingerprint density at radius 3 is 2.88 bits per heavy atom. The molecule has 0 aromatic carbocycles. The zero-order chi connectivity index (χ0) is 11.6. The van der Waals surface area contributed by atoms with Gasteiger partial charge in [0.05, 0.1) is 0 Å². The van der Waals surface area contributed by atoms with E-state index in [2.05, 4.69) is 41.7 Å². The number of nitrogens with zero attached hydrogens (tertiary/aromatic N) is 2. The Labute approximate surface area is 100 Å². The molecule has 0 saturated heterocycles. The maximum atomic E-state index is 4.26. The Kier molecular flexibility index (Phi) is 3.01. The lowest BCUT2D eigenvalue weighted by Crippen LogP contribution is -2.27. The van der Waals surface area contributed by atoms with Crippen LogP contribution >= 0.6 is 11.3 Å². The third-order valence-electron chi connectivity index (χ3n) is 2.70. The first-order valence-electron chi connectivity index (χ1n) is 5.35. The van der Waals surface area contributed by atoms with E-state index >= 15 is 0 Å². The molecule has 86 valence electrons. The molecule has 0 radical (unpaired) electrons. The van der Waals surface area contributed by atoms with E-state index in [1.807, 2.05) is 17.8 Å². The topological polar surface area (TPSA) is 29.9 Å². The summed E-state index contributed by atoms with van der Waals surface area (Å²) >= 11 is 1.80. The molecular formula is C12H17N3S. The lowest BCUT2D eigenvalue weighted by Gasteiger charge is -2.23. The third kappa shape index (κ3) is 2.27. The number of nitrogens with one attached hydrogen (secondary N) is 1. The molecule has 0 unspecified atom stereocenters. The van der Waals surface area contributed by atoms with E-state index in [0.29, 0.717) is 0 Å². The van der Waals surface area contributed by atoms with E-state index in [1.54, 1.807) is 17.5 Å². The standard InChI is InChI=1S/C12H17N3S/c1-12(2,10-5-4-8-16-10)9-14-11-13-6-7-15(11)3/h4-8H,9H2,1-3H3,(H,13,14). The Morgan fingerprint density at radius 2 is 2.31 bits per heavy atom. The highest BCUT2D eigenvalue weighted by Crippen LogP contribution is 2.27. The second-order valence-corrected chi connectivity index (χ2v) is 5.52. The van der Waals surface area contributed by atoms with Crippen molar-refractivity contribution in [3.05, 3.63) is 34.8 Å². The van der Waals surface area contributed by atoms with Gasteiger partial charge in [-0.3, -0.25) is 0 Å². The largest absolute Gasteiger partial charge is 0.355 e. The minimum atomic E-state index is 0.139. The molecule has 16 heavy (non-hydrogen) atoms. The molecule has 0 saturated carbocycles. The van der Waals surface area contributed by atoms with Crippen molar-refractivity contribution in [3.63, 3.8) is 0 Å². The number of rotatable bonds is 4. The molecular weight excluding hydrogens is 218 g/mol. The zero-order valence-electron chi connectivity index (χ0n) is 9.90. The van der Waals surface area contributed by atoms with Gasteiger partial charge in [-0.15, -0.1) is 11.3 Å². The van der Waals surface area contributed by atoms with E-state index in [4.69, 9.17) is 0 Å². The Balaban J connectivity index is 2.03. The second-order valence-electron chi connectivity index (χ2n) is 4.58. The molecule has 4 heteroatoms.